The number of rotatable bonds is 15. The van der Waals surface area contributed by atoms with Crippen molar-refractivity contribution in [2.45, 2.75) is 162 Å². The first-order chi connectivity index (χ1) is 51.0. The summed E-state index contributed by atoms with van der Waals surface area (Å²) in [5, 5.41) is 127. The van der Waals surface area contributed by atoms with E-state index in [-0.39, 0.29) is 81.6 Å². The summed E-state index contributed by atoms with van der Waals surface area (Å²) < 4.78 is 40.4. The maximum atomic E-state index is 16.2. The molecule has 37 nitrogen and oxygen atoms in total. The summed E-state index contributed by atoms with van der Waals surface area (Å²) in [6.07, 6.45) is -18.4. The molecule has 41 heteroatoms. The zero-order valence-electron chi connectivity index (χ0n) is 58.2. The van der Waals surface area contributed by atoms with Gasteiger partial charge in [-0.15, -0.1) is 10.2 Å². The van der Waals surface area contributed by atoms with Gasteiger partial charge >= 0.3 is 5.97 Å². The van der Waals surface area contributed by atoms with Crippen LogP contribution in [-0.2, 0) is 71.1 Å². The van der Waals surface area contributed by atoms with Crippen LogP contribution in [0.1, 0.15) is 112 Å². The fraction of sp³-hybridized carbons (Fsp3) is 0.412. The fourth-order valence-corrected chi connectivity index (χ4v) is 14.5. The molecule has 0 aliphatic carbocycles. The first-order valence-electron chi connectivity index (χ1n) is 33.5. The van der Waals surface area contributed by atoms with Crippen molar-refractivity contribution in [3.05, 3.63) is 117 Å². The summed E-state index contributed by atoms with van der Waals surface area (Å²) in [5.41, 5.74) is 10.4. The number of fused-ring (bicyclic) bond motifs is 15. The molecule has 5 aromatic carbocycles. The molecule has 13 rings (SSSR count). The van der Waals surface area contributed by atoms with Crippen molar-refractivity contribution in [2.24, 2.45) is 29.1 Å². The third-order valence-electron chi connectivity index (χ3n) is 18.7. The number of phenolic OH excluding ortho intramolecular Hbond substituents is 3. The van der Waals surface area contributed by atoms with Gasteiger partial charge in [-0.2, -0.15) is 0 Å². The van der Waals surface area contributed by atoms with E-state index in [1.165, 1.54) is 26.0 Å². The average molecular weight is 1610 g/mol. The number of thioether (sulfide) groups is 1. The number of aliphatic hydroxyl groups excluding tert-OH is 5. The number of nitrogen functional groups attached to an aromatic ring is 2. The van der Waals surface area contributed by atoms with Crippen LogP contribution in [0.3, 0.4) is 0 Å². The molecule has 11 bridgehead atoms. The normalized spacial score (nSPS) is 28.0. The van der Waals surface area contributed by atoms with E-state index in [0.717, 1.165) is 83.2 Å². The van der Waals surface area contributed by atoms with Crippen LogP contribution in [0.2, 0.25) is 10.0 Å². The van der Waals surface area contributed by atoms with Gasteiger partial charge in [0.15, 0.2) is 29.9 Å². The van der Waals surface area contributed by atoms with E-state index in [1.54, 1.807) is 6.92 Å². The number of hydrazine groups is 1. The van der Waals surface area contributed by atoms with Crippen LogP contribution < -0.4 is 74.7 Å². The number of amides is 7. The minimum absolute atomic E-state index is 0. The van der Waals surface area contributed by atoms with Gasteiger partial charge in [0.1, 0.15) is 83.4 Å². The summed E-state index contributed by atoms with van der Waals surface area (Å²) >= 11 is 15.1. The second-order valence-corrected chi connectivity index (χ2v) is 29.0. The van der Waals surface area contributed by atoms with Crippen LogP contribution in [0.5, 0.6) is 46.0 Å². The molecule has 24 N–H and O–H groups in total. The van der Waals surface area contributed by atoms with Gasteiger partial charge in [-0.05, 0) is 103 Å². The third kappa shape index (κ3) is 17.6. The molecule has 109 heavy (non-hydrogen) atoms. The van der Waals surface area contributed by atoms with E-state index in [9.17, 15) is 69.9 Å². The smallest absolute Gasteiger partial charge is 0.330 e. The molecule has 6 aromatic rings. The first kappa shape index (κ1) is 82.0. The van der Waals surface area contributed by atoms with Crippen molar-refractivity contribution in [1.29, 1.82) is 0 Å². The van der Waals surface area contributed by atoms with Crippen molar-refractivity contribution in [2.75, 3.05) is 17.0 Å². The zero-order chi connectivity index (χ0) is 78.4. The van der Waals surface area contributed by atoms with Crippen LogP contribution in [0.15, 0.2) is 84.0 Å². The number of hydrogen-bond donors (Lipinski definition) is 20. The van der Waals surface area contributed by atoms with Crippen LogP contribution in [-0.4, -0.2) is 187 Å². The van der Waals surface area contributed by atoms with Crippen LogP contribution in [0.25, 0.3) is 11.1 Å². The molecule has 7 amide bonds. The number of hydrogen-bond acceptors (Lipinski definition) is 29. The summed E-state index contributed by atoms with van der Waals surface area (Å²) in [6.45, 7) is 8.25. The molecule has 7 aliphatic heterocycles. The molecular formula is C68H78Cl2N14O23SV. The number of carboxylic acids is 1. The Kier molecular flexibility index (Phi) is 25.1. The number of primary amides is 1. The number of carbonyl (C=O) groups is 8. The predicted molar refractivity (Wildman–Crippen MR) is 377 cm³/mol. The van der Waals surface area contributed by atoms with Gasteiger partial charge in [0.25, 0.3) is 5.95 Å². The Morgan fingerprint density at radius 2 is 1.36 bits per heavy atom. The number of aliphatic carboxylic acids is 1. The number of nitrogens with one attached hydrogen (secondary N) is 7. The average Bonchev–Trinajstić information content (AvgIpc) is 1.09. The Morgan fingerprint density at radius 1 is 0.743 bits per heavy atom. The van der Waals surface area contributed by atoms with E-state index >= 15 is 14.4 Å². The molecule has 583 valence electrons. The van der Waals surface area contributed by atoms with Gasteiger partial charge in [-0.3, -0.25) is 39.0 Å². The number of nitrogens with zero attached hydrogens (tertiary/aromatic N) is 3. The Bertz CT molecular complexity index is 4530. The van der Waals surface area contributed by atoms with Gasteiger partial charge in [0.2, 0.25) is 58.5 Å². The fourth-order valence-electron chi connectivity index (χ4n) is 13.1. The first-order valence-corrected chi connectivity index (χ1v) is 35.2. The largest absolute Gasteiger partial charge is 0.508 e. The topological polar surface area (TPSA) is 593 Å². The molecule has 1 radical (unpaired) electrons. The predicted octanol–water partition coefficient (Wildman–Crippen LogP) is 0.543. The van der Waals surface area contributed by atoms with E-state index in [1.807, 2.05) is 13.8 Å². The number of ether oxygens (including phenoxy) is 6. The van der Waals surface area contributed by atoms with Crippen molar-refractivity contribution in [3.63, 3.8) is 0 Å². The number of anilines is 1. The monoisotopic (exact) mass is 1610 g/mol. The second kappa shape index (κ2) is 33.4. The van der Waals surface area contributed by atoms with Crippen molar-refractivity contribution >= 4 is 88.2 Å². The van der Waals surface area contributed by atoms with Crippen molar-refractivity contribution in [1.82, 2.24) is 46.8 Å². The maximum Gasteiger partial charge on any atom is 0.330 e. The number of carbonyl (C=O) groups excluding carboxylic acids is 7. The number of aromatic hydroxyl groups is 3. The summed E-state index contributed by atoms with van der Waals surface area (Å²) in [7, 11) is 0. The van der Waals surface area contributed by atoms with Gasteiger partial charge < -0.3 is 124 Å². The number of aromatic nitrogens is 3. The van der Waals surface area contributed by atoms with Crippen LogP contribution >= 0.6 is 35.0 Å². The molecule has 1 aromatic heterocycles. The van der Waals surface area contributed by atoms with Gasteiger partial charge in [0, 0.05) is 64.9 Å². The van der Waals surface area contributed by atoms with E-state index in [2.05, 4.69) is 47.5 Å². The van der Waals surface area contributed by atoms with Crippen molar-refractivity contribution < 1.29 is 131 Å². The molecule has 0 spiro atoms. The SMILES string of the molecule is CC(C)C[C@H](C)C(=O)N[C@H]1C(=O)N[C@@H](CC(N)=O)C(=O)N[C@H]2C(=O)NC3C(=O)N[C@H](C(=O)N[C@@H](C(=O)O)c4cc(O)cc(O)c4-c4cc3ccc4O)[C@H](O)c3ccc(c(Cl)c3)Oc3cc2cc(c3OC2OC(CSc3nnc(NN)n3N)C(O)C(O)C2OC2CC(C)(N)C(O)C(C)O2)Oc2ccc(cc2Cl)[C@H]1O.[V]. The Morgan fingerprint density at radius 3 is 1.95 bits per heavy atom. The number of phenols is 3. The van der Waals surface area contributed by atoms with Crippen molar-refractivity contribution in [3.8, 4) is 57.1 Å². The summed E-state index contributed by atoms with van der Waals surface area (Å²) in [6, 6.07) is 0.389. The summed E-state index contributed by atoms with van der Waals surface area (Å²) in [5.74, 6) is -5.30. The molecule has 8 heterocycles. The molecule has 0 saturated carbocycles. The number of carboxylic acid groups (broad SMARTS) is 1. The van der Waals surface area contributed by atoms with Gasteiger partial charge in [-0.25, -0.2) is 15.3 Å². The molecule has 2 saturated heterocycles. The molecule has 2 fully saturated rings. The zero-order valence-corrected chi connectivity index (χ0v) is 62.0. The van der Waals surface area contributed by atoms with E-state index in [4.69, 9.17) is 74.8 Å². The summed E-state index contributed by atoms with van der Waals surface area (Å²) in [4.78, 5) is 117. The second-order valence-electron chi connectivity index (χ2n) is 27.2. The Labute approximate surface area is 645 Å². The van der Waals surface area contributed by atoms with E-state index < -0.39 is 230 Å². The number of benzene rings is 5. The van der Waals surface area contributed by atoms with Crippen LogP contribution in [0.4, 0.5) is 5.95 Å². The molecule has 10 unspecified atom stereocenters. The third-order valence-corrected chi connectivity index (χ3v) is 20.3. The molecular weight excluding hydrogens is 1530 g/mol. The number of nitrogens with two attached hydrogens (primary N) is 4. The van der Waals surface area contributed by atoms with Gasteiger partial charge in [0.05, 0.1) is 34.8 Å². The maximum absolute atomic E-state index is 16.2. The Balaban J connectivity index is 0.0000127. The number of aliphatic hydroxyl groups is 5. The quantitative estimate of drug-likeness (QED) is 0.0379. The van der Waals surface area contributed by atoms with Gasteiger partial charge in [-0.1, -0.05) is 73.9 Å². The van der Waals surface area contributed by atoms with Crippen LogP contribution in [0, 0.1) is 11.8 Å². The molecule has 18 atom stereocenters. The molecule has 7 aliphatic rings. The minimum Gasteiger partial charge on any atom is -0.508 e. The number of halogens is 2. The Hall–Kier alpha value is -9.49. The minimum atomic E-state index is -2.36. The van der Waals surface area contributed by atoms with E-state index in [0.29, 0.717) is 0 Å². The standard InChI is InChI=1S/C68H78Cl2N14O23S.V/c1-23(2)12-24(3)58(94)79-49-51(89)27-7-10-38(33(69)14-27)103-40-16-29-17-41(55(40)107-65-56(106-44-21-68(5,72)57(93)25(4)102-44)54(92)53(91)42(105-65)22-108-67-83-82-66(81-73)84(67)74)104-39-11-8-28(15-34(39)70)52(90)50-63(99)78-48(64(100)101)32-18-30(85)19-37(87)45(32)31-13-26(6-9-36(31)86)46(60(96)80-50)77-61(97)47(29)76-59(95)35(20-43(71)88)75-62(49)98;/h6-11,13-19,23-25,35,42,44,46-54,56-57,65,85-87,89-93H,12,20-22,72-74H2,1-5H3,(H2,71,88)(H,75,98)(H,76,95)(H,77,97)(H,78,99)(H,79,94)(H,80,96)(H,81,82)(H,100,101);/t24-,25?,35-,42?,44?,46?,47+,48+,49+,50-,51+,52+,53?,54?,56?,57?,65?,68?;/m0./s1.